The SMILES string of the molecule is [C-]#[N+]c1cnn2c(C(=O)Nc3cc4cn(C5CCC(N6CCN(C(=O)OC(C)(C)C)C[C@H]6COC)CC5)nc4cc3C(C)(C)O)ccc2c1. The van der Waals surface area contributed by atoms with Crippen molar-refractivity contribution in [2.45, 2.75) is 89.6 Å². The average Bonchev–Trinajstić information content (AvgIpc) is 3.67. The number of ether oxygens (including phenoxy) is 2. The van der Waals surface area contributed by atoms with Gasteiger partial charge in [0.05, 0.1) is 48.1 Å². The third kappa shape index (κ3) is 7.41. The Morgan fingerprint density at radius 1 is 1.06 bits per heavy atom. The lowest BCUT2D eigenvalue weighted by Gasteiger charge is -2.46. The molecule has 0 spiro atoms. The number of carbonyl (C=O) groups excluding carboxylic acids is 2. The predicted molar refractivity (Wildman–Crippen MR) is 186 cm³/mol. The molecule has 2 amide bonds. The topological polar surface area (TPSA) is 131 Å². The van der Waals surface area contributed by atoms with E-state index in [-0.39, 0.29) is 24.1 Å². The number of carbonyl (C=O) groups is 2. The zero-order chi connectivity index (χ0) is 35.1. The van der Waals surface area contributed by atoms with Gasteiger partial charge in [0, 0.05) is 55.6 Å². The van der Waals surface area contributed by atoms with E-state index in [1.807, 2.05) is 43.8 Å². The number of amides is 2. The van der Waals surface area contributed by atoms with Crippen molar-refractivity contribution in [2.75, 3.05) is 38.7 Å². The van der Waals surface area contributed by atoms with E-state index < -0.39 is 11.2 Å². The smallest absolute Gasteiger partial charge is 0.410 e. The Bertz CT molecular complexity index is 1890. The van der Waals surface area contributed by atoms with Crippen LogP contribution < -0.4 is 5.32 Å². The molecule has 1 aromatic carbocycles. The molecule has 13 nitrogen and oxygen atoms in total. The van der Waals surface area contributed by atoms with Crippen molar-refractivity contribution in [3.63, 3.8) is 0 Å². The van der Waals surface area contributed by atoms with Crippen LogP contribution in [-0.2, 0) is 15.1 Å². The molecular weight excluding hydrogens is 624 g/mol. The number of nitrogens with one attached hydrogen (secondary N) is 1. The van der Waals surface area contributed by atoms with Gasteiger partial charge in [0.15, 0.2) is 0 Å². The van der Waals surface area contributed by atoms with Crippen LogP contribution in [0.25, 0.3) is 21.3 Å². The second-order valence-electron chi connectivity index (χ2n) is 14.7. The summed E-state index contributed by atoms with van der Waals surface area (Å²) in [6.07, 6.45) is 7.09. The molecule has 4 aromatic rings. The number of benzene rings is 1. The van der Waals surface area contributed by atoms with Gasteiger partial charge in [0.25, 0.3) is 5.91 Å². The molecule has 3 aromatic heterocycles. The van der Waals surface area contributed by atoms with Gasteiger partial charge in [-0.25, -0.2) is 14.2 Å². The van der Waals surface area contributed by atoms with Gasteiger partial charge in [0.2, 0.25) is 5.69 Å². The van der Waals surface area contributed by atoms with Gasteiger partial charge in [-0.1, -0.05) is 0 Å². The molecule has 1 aliphatic heterocycles. The highest BCUT2D eigenvalue weighted by Crippen LogP contribution is 2.36. The fourth-order valence-electron chi connectivity index (χ4n) is 7.13. The first-order chi connectivity index (χ1) is 23.2. The van der Waals surface area contributed by atoms with E-state index in [9.17, 15) is 14.7 Å². The first kappa shape index (κ1) is 34.4. The third-order valence-corrected chi connectivity index (χ3v) is 9.46. The number of methoxy groups -OCH3 is 1. The quantitative estimate of drug-likeness (QED) is 0.237. The minimum Gasteiger partial charge on any atom is -0.444 e. The zero-order valence-electron chi connectivity index (χ0n) is 29.1. The van der Waals surface area contributed by atoms with Gasteiger partial charge in [-0.05, 0) is 90.6 Å². The van der Waals surface area contributed by atoms with E-state index in [1.54, 1.807) is 44.1 Å². The zero-order valence-corrected chi connectivity index (χ0v) is 29.1. The van der Waals surface area contributed by atoms with Crippen LogP contribution in [0.5, 0.6) is 0 Å². The van der Waals surface area contributed by atoms with Crippen molar-refractivity contribution in [1.29, 1.82) is 0 Å². The molecule has 13 heteroatoms. The van der Waals surface area contributed by atoms with Gasteiger partial charge >= 0.3 is 6.09 Å². The molecule has 1 aliphatic carbocycles. The van der Waals surface area contributed by atoms with Crippen LogP contribution in [-0.4, -0.2) is 97.3 Å². The van der Waals surface area contributed by atoms with Crippen molar-refractivity contribution in [3.05, 3.63) is 65.4 Å². The molecule has 0 unspecified atom stereocenters. The number of hydrogen-bond donors (Lipinski definition) is 2. The Kier molecular flexibility index (Phi) is 9.41. The first-order valence-corrected chi connectivity index (χ1v) is 16.9. The summed E-state index contributed by atoms with van der Waals surface area (Å²) in [5.74, 6) is -0.377. The molecule has 2 fully saturated rings. The molecule has 6 rings (SSSR count). The van der Waals surface area contributed by atoms with Crippen LogP contribution in [0, 0.1) is 6.57 Å². The fourth-order valence-corrected chi connectivity index (χ4v) is 7.13. The van der Waals surface area contributed by atoms with E-state index in [0.717, 1.165) is 43.1 Å². The summed E-state index contributed by atoms with van der Waals surface area (Å²) in [6, 6.07) is 9.52. The average molecular weight is 671 g/mol. The lowest BCUT2D eigenvalue weighted by Crippen LogP contribution is -2.60. The second kappa shape index (κ2) is 13.4. The number of aromatic nitrogens is 4. The third-order valence-electron chi connectivity index (χ3n) is 9.46. The summed E-state index contributed by atoms with van der Waals surface area (Å²) in [5.41, 5.74) is 1.38. The van der Waals surface area contributed by atoms with E-state index >= 15 is 0 Å². The summed E-state index contributed by atoms with van der Waals surface area (Å²) < 4.78 is 14.7. The van der Waals surface area contributed by atoms with Crippen LogP contribution in [0.3, 0.4) is 0 Å². The summed E-state index contributed by atoms with van der Waals surface area (Å²) in [4.78, 5) is 34.0. The van der Waals surface area contributed by atoms with Gasteiger partial charge in [-0.2, -0.15) is 10.2 Å². The second-order valence-corrected chi connectivity index (χ2v) is 14.7. The van der Waals surface area contributed by atoms with Crippen molar-refractivity contribution in [2.24, 2.45) is 0 Å². The molecule has 1 atom stereocenters. The Morgan fingerprint density at radius 2 is 1.80 bits per heavy atom. The predicted octanol–water partition coefficient (Wildman–Crippen LogP) is 5.77. The highest BCUT2D eigenvalue weighted by Gasteiger charge is 2.37. The molecule has 4 heterocycles. The molecule has 0 bridgehead atoms. The van der Waals surface area contributed by atoms with Crippen LogP contribution in [0.2, 0.25) is 0 Å². The summed E-state index contributed by atoms with van der Waals surface area (Å²) in [6.45, 7) is 18.8. The number of fused-ring (bicyclic) bond motifs is 2. The highest BCUT2D eigenvalue weighted by molar-refractivity contribution is 6.05. The van der Waals surface area contributed by atoms with E-state index in [1.165, 1.54) is 10.7 Å². The number of piperazine rings is 1. The van der Waals surface area contributed by atoms with Gasteiger partial charge < -0.3 is 24.8 Å². The summed E-state index contributed by atoms with van der Waals surface area (Å²) in [7, 11) is 1.71. The van der Waals surface area contributed by atoms with Crippen molar-refractivity contribution >= 4 is 39.8 Å². The first-order valence-electron chi connectivity index (χ1n) is 16.9. The maximum atomic E-state index is 13.5. The number of nitrogens with zero attached hydrogens (tertiary/aromatic N) is 7. The summed E-state index contributed by atoms with van der Waals surface area (Å²) in [5, 5.41) is 24.2. The fraction of sp³-hybridized carbons (Fsp3) is 0.528. The largest absolute Gasteiger partial charge is 0.444 e. The number of rotatable bonds is 7. The molecular formula is C36H46N8O5. The van der Waals surface area contributed by atoms with Crippen molar-refractivity contribution in [1.82, 2.24) is 29.2 Å². The summed E-state index contributed by atoms with van der Waals surface area (Å²) >= 11 is 0. The van der Waals surface area contributed by atoms with E-state index in [4.69, 9.17) is 21.1 Å². The molecule has 0 radical (unpaired) electrons. The highest BCUT2D eigenvalue weighted by atomic mass is 16.6. The minimum atomic E-state index is -1.24. The van der Waals surface area contributed by atoms with E-state index in [2.05, 4.69) is 20.2 Å². The maximum absolute atomic E-state index is 13.5. The van der Waals surface area contributed by atoms with Crippen molar-refractivity contribution in [3.8, 4) is 0 Å². The van der Waals surface area contributed by atoms with Gasteiger partial charge in [0.1, 0.15) is 11.3 Å². The van der Waals surface area contributed by atoms with E-state index in [0.29, 0.717) is 53.9 Å². The Morgan fingerprint density at radius 3 is 2.47 bits per heavy atom. The van der Waals surface area contributed by atoms with Crippen LogP contribution in [0.4, 0.5) is 16.2 Å². The minimum absolute atomic E-state index is 0.103. The molecule has 49 heavy (non-hydrogen) atoms. The van der Waals surface area contributed by atoms with Crippen molar-refractivity contribution < 1.29 is 24.2 Å². The van der Waals surface area contributed by atoms with Gasteiger partial charge in [-0.3, -0.25) is 14.4 Å². The monoisotopic (exact) mass is 670 g/mol. The Balaban J connectivity index is 1.16. The Hall–Kier alpha value is -4.51. The van der Waals surface area contributed by atoms with Crippen LogP contribution in [0.1, 0.15) is 82.4 Å². The molecule has 1 saturated carbocycles. The Labute approximate surface area is 286 Å². The number of aliphatic hydroxyl groups is 1. The molecule has 1 saturated heterocycles. The molecule has 260 valence electrons. The molecule has 2 aliphatic rings. The van der Waals surface area contributed by atoms with Crippen LogP contribution in [0.15, 0.2) is 42.7 Å². The van der Waals surface area contributed by atoms with Crippen LogP contribution >= 0.6 is 0 Å². The normalized spacial score (nSPS) is 20.8. The molecule has 2 N–H and O–H groups in total. The standard InChI is InChI=1S/C36H46N8O5/c1-35(2,3)49-34(46)41-14-15-42(28(21-41)22-48-7)25-8-10-26(11-9-25)43-20-23-16-31(29(36(4,5)47)18-30(23)40-43)39-33(45)32-13-12-27-17-24(37-6)19-38-44(27)32/h12-13,16-20,25-26,28,47H,8-11,14-15,21-22H2,1-5,7H3,(H,39,45)/t25?,26?,28-/m0/s1. The number of hydrogen-bond acceptors (Lipinski definition) is 8. The van der Waals surface area contributed by atoms with Gasteiger partial charge in [-0.15, -0.1) is 0 Å². The lowest BCUT2D eigenvalue weighted by molar-refractivity contribution is -0.0278. The maximum Gasteiger partial charge on any atom is 0.410 e. The number of anilines is 1. The lowest BCUT2D eigenvalue weighted by atomic mass is 9.89.